The summed E-state index contributed by atoms with van der Waals surface area (Å²) in [5.74, 6) is 2.36. The predicted molar refractivity (Wildman–Crippen MR) is 91.9 cm³/mol. The van der Waals surface area contributed by atoms with Crippen LogP contribution < -0.4 is 10.6 Å². The average Bonchev–Trinajstić information content (AvgIpc) is 2.83. The maximum absolute atomic E-state index is 11.5. The molecule has 0 spiro atoms. The lowest BCUT2D eigenvalue weighted by atomic mass is 9.86. The molecule has 2 fully saturated rings. The molecule has 1 aliphatic heterocycles. The monoisotopic (exact) mass is 329 g/mol. The Kier molecular flexibility index (Phi) is 6.53. The minimum Gasteiger partial charge on any atom is -0.356 e. The molecule has 0 aromatic heterocycles. The number of hydrogen-bond acceptors (Lipinski definition) is 3. The molecule has 2 N–H and O–H groups in total. The highest BCUT2D eigenvalue weighted by Crippen LogP contribution is 2.23. The van der Waals surface area contributed by atoms with Gasteiger partial charge in [0.1, 0.15) is 0 Å². The van der Waals surface area contributed by atoms with E-state index in [0.29, 0.717) is 30.0 Å². The Morgan fingerprint density at radius 2 is 2.00 bits per heavy atom. The van der Waals surface area contributed by atoms with Crippen LogP contribution in [-0.4, -0.2) is 45.0 Å². The summed E-state index contributed by atoms with van der Waals surface area (Å²) < 4.78 is 23.1. The molecule has 1 saturated carbocycles. The van der Waals surface area contributed by atoms with Crippen LogP contribution in [0, 0.1) is 11.8 Å². The molecule has 0 radical (unpaired) electrons. The lowest BCUT2D eigenvalue weighted by Gasteiger charge is -2.31. The van der Waals surface area contributed by atoms with Crippen LogP contribution in [0.25, 0.3) is 0 Å². The van der Waals surface area contributed by atoms with Crippen molar-refractivity contribution >= 4 is 15.8 Å². The zero-order valence-corrected chi connectivity index (χ0v) is 14.8. The van der Waals surface area contributed by atoms with Gasteiger partial charge >= 0.3 is 0 Å². The highest BCUT2D eigenvalue weighted by Gasteiger charge is 2.28. The molecule has 1 heterocycles. The van der Waals surface area contributed by atoms with Crippen molar-refractivity contribution in [3.05, 3.63) is 0 Å². The van der Waals surface area contributed by atoms with Crippen LogP contribution >= 0.6 is 0 Å². The lowest BCUT2D eigenvalue weighted by molar-refractivity contribution is 0.306. The number of guanidine groups is 1. The fourth-order valence-corrected chi connectivity index (χ4v) is 5.19. The molecular formula is C16H31N3O2S. The van der Waals surface area contributed by atoms with Crippen molar-refractivity contribution in [3.8, 4) is 0 Å². The SMILES string of the molecule is CCCNC(=NCC1CCS(=O)(=O)C1)NC1CCCCC1C. The fourth-order valence-electron chi connectivity index (χ4n) is 3.34. The van der Waals surface area contributed by atoms with E-state index < -0.39 is 9.84 Å². The minimum atomic E-state index is -2.81. The number of sulfone groups is 1. The van der Waals surface area contributed by atoms with E-state index in [1.165, 1.54) is 25.7 Å². The van der Waals surface area contributed by atoms with Crippen LogP contribution in [0.15, 0.2) is 4.99 Å². The molecule has 3 unspecified atom stereocenters. The third-order valence-corrected chi connectivity index (χ3v) is 6.65. The van der Waals surface area contributed by atoms with Crippen molar-refractivity contribution in [1.82, 2.24) is 10.6 Å². The summed E-state index contributed by atoms with van der Waals surface area (Å²) in [5.41, 5.74) is 0. The molecule has 2 rings (SSSR count). The fraction of sp³-hybridized carbons (Fsp3) is 0.938. The maximum atomic E-state index is 11.5. The van der Waals surface area contributed by atoms with Crippen molar-refractivity contribution in [3.63, 3.8) is 0 Å². The van der Waals surface area contributed by atoms with Crippen LogP contribution in [0.2, 0.25) is 0 Å². The first kappa shape index (κ1) is 17.6. The van der Waals surface area contributed by atoms with E-state index in [1.54, 1.807) is 0 Å². The van der Waals surface area contributed by atoms with Crippen LogP contribution in [0.3, 0.4) is 0 Å². The standard InChI is InChI=1S/C16H31N3O2S/c1-3-9-17-16(19-15-7-5-4-6-13(15)2)18-11-14-8-10-22(20,21)12-14/h13-15H,3-12H2,1-2H3,(H2,17,18,19). The van der Waals surface area contributed by atoms with Crippen molar-refractivity contribution in [2.24, 2.45) is 16.8 Å². The van der Waals surface area contributed by atoms with Gasteiger partial charge in [0.2, 0.25) is 0 Å². The Morgan fingerprint density at radius 1 is 1.23 bits per heavy atom. The van der Waals surface area contributed by atoms with Gasteiger partial charge in [-0.05, 0) is 37.5 Å². The molecule has 0 amide bonds. The van der Waals surface area contributed by atoms with Crippen molar-refractivity contribution in [2.75, 3.05) is 24.6 Å². The molecular weight excluding hydrogens is 298 g/mol. The molecule has 2 aliphatic rings. The summed E-state index contributed by atoms with van der Waals surface area (Å²) in [7, 11) is -2.81. The minimum absolute atomic E-state index is 0.189. The molecule has 0 aromatic carbocycles. The summed E-state index contributed by atoms with van der Waals surface area (Å²) in [5, 5.41) is 6.95. The van der Waals surface area contributed by atoms with Gasteiger partial charge < -0.3 is 10.6 Å². The normalized spacial score (nSPS) is 31.9. The van der Waals surface area contributed by atoms with Gasteiger partial charge in [0.15, 0.2) is 15.8 Å². The largest absolute Gasteiger partial charge is 0.356 e. The molecule has 22 heavy (non-hydrogen) atoms. The van der Waals surface area contributed by atoms with Crippen LogP contribution in [0.5, 0.6) is 0 Å². The molecule has 1 aliphatic carbocycles. The summed E-state index contributed by atoms with van der Waals surface area (Å²) in [6.07, 6.45) is 6.90. The van der Waals surface area contributed by atoms with E-state index in [1.807, 2.05) is 0 Å². The van der Waals surface area contributed by atoms with Gasteiger partial charge in [0.25, 0.3) is 0 Å². The molecule has 1 saturated heterocycles. The van der Waals surface area contributed by atoms with E-state index in [-0.39, 0.29) is 5.92 Å². The van der Waals surface area contributed by atoms with E-state index >= 15 is 0 Å². The van der Waals surface area contributed by atoms with Gasteiger partial charge in [-0.15, -0.1) is 0 Å². The van der Waals surface area contributed by atoms with Gasteiger partial charge in [0.05, 0.1) is 11.5 Å². The van der Waals surface area contributed by atoms with E-state index in [9.17, 15) is 8.42 Å². The highest BCUT2D eigenvalue weighted by atomic mass is 32.2. The Morgan fingerprint density at radius 3 is 2.64 bits per heavy atom. The van der Waals surface area contributed by atoms with Crippen molar-refractivity contribution in [2.45, 2.75) is 58.4 Å². The van der Waals surface area contributed by atoms with Gasteiger partial charge in [0, 0.05) is 19.1 Å². The maximum Gasteiger partial charge on any atom is 0.191 e. The average molecular weight is 330 g/mol. The summed E-state index contributed by atoms with van der Waals surface area (Å²) in [6.45, 7) is 5.95. The topological polar surface area (TPSA) is 70.6 Å². The molecule has 6 heteroatoms. The van der Waals surface area contributed by atoms with Crippen LogP contribution in [0.4, 0.5) is 0 Å². The second kappa shape index (κ2) is 8.18. The van der Waals surface area contributed by atoms with E-state index in [4.69, 9.17) is 0 Å². The number of nitrogens with zero attached hydrogens (tertiary/aromatic N) is 1. The first-order valence-corrected chi connectivity index (χ1v) is 10.6. The first-order valence-electron chi connectivity index (χ1n) is 8.75. The molecule has 0 aromatic rings. The van der Waals surface area contributed by atoms with Crippen molar-refractivity contribution in [1.29, 1.82) is 0 Å². The third kappa shape index (κ3) is 5.45. The van der Waals surface area contributed by atoms with Crippen molar-refractivity contribution < 1.29 is 8.42 Å². The first-order chi connectivity index (χ1) is 10.5. The third-order valence-electron chi connectivity index (χ3n) is 4.81. The van der Waals surface area contributed by atoms with Gasteiger partial charge in [-0.1, -0.05) is 26.7 Å². The zero-order chi connectivity index (χ0) is 16.0. The lowest BCUT2D eigenvalue weighted by Crippen LogP contribution is -2.47. The number of nitrogens with one attached hydrogen (secondary N) is 2. The van der Waals surface area contributed by atoms with Gasteiger partial charge in [-0.25, -0.2) is 8.42 Å². The summed E-state index contributed by atoms with van der Waals surface area (Å²) >= 11 is 0. The molecule has 5 nitrogen and oxygen atoms in total. The van der Waals surface area contributed by atoms with Gasteiger partial charge in [-0.2, -0.15) is 0 Å². The summed E-state index contributed by atoms with van der Waals surface area (Å²) in [6, 6.07) is 0.490. The second-order valence-corrected chi connectivity index (χ2v) is 9.13. The zero-order valence-electron chi connectivity index (χ0n) is 14.0. The van der Waals surface area contributed by atoms with Crippen LogP contribution in [0.1, 0.15) is 52.4 Å². The molecule has 0 bridgehead atoms. The Hall–Kier alpha value is -0.780. The van der Waals surface area contributed by atoms with Crippen LogP contribution in [-0.2, 0) is 9.84 Å². The summed E-state index contributed by atoms with van der Waals surface area (Å²) in [4.78, 5) is 4.67. The smallest absolute Gasteiger partial charge is 0.191 e. The number of aliphatic imine (C=N–C) groups is 1. The predicted octanol–water partition coefficient (Wildman–Crippen LogP) is 1.94. The molecule has 128 valence electrons. The Balaban J connectivity index is 1.91. The van der Waals surface area contributed by atoms with Gasteiger partial charge in [-0.3, -0.25) is 4.99 Å². The Bertz CT molecular complexity index is 476. The van der Waals surface area contributed by atoms with E-state index in [2.05, 4.69) is 29.5 Å². The number of hydrogen-bond donors (Lipinski definition) is 2. The van der Waals surface area contributed by atoms with E-state index in [0.717, 1.165) is 25.3 Å². The molecule has 3 atom stereocenters. The Labute approximate surface area is 135 Å². The second-order valence-electron chi connectivity index (χ2n) is 6.90. The highest BCUT2D eigenvalue weighted by molar-refractivity contribution is 7.91. The number of rotatable bonds is 5. The quantitative estimate of drug-likeness (QED) is 0.597.